The number of rotatable bonds is 4. The van der Waals surface area contributed by atoms with Crippen LogP contribution in [-0.4, -0.2) is 27.0 Å². The summed E-state index contributed by atoms with van der Waals surface area (Å²) >= 11 is 7.34. The Hall–Kier alpha value is -1.47. The molecule has 96 valence electrons. The summed E-state index contributed by atoms with van der Waals surface area (Å²) in [6, 6.07) is 0.174. The second kappa shape index (κ2) is 5.03. The van der Waals surface area contributed by atoms with E-state index in [1.165, 1.54) is 7.11 Å². The van der Waals surface area contributed by atoms with E-state index in [-0.39, 0.29) is 11.3 Å². The monoisotopic (exact) mass is 285 g/mol. The van der Waals surface area contributed by atoms with E-state index in [0.29, 0.717) is 5.95 Å². The minimum Gasteiger partial charge on any atom is -0.467 e. The summed E-state index contributed by atoms with van der Waals surface area (Å²) in [5.41, 5.74) is -0.399. The number of halogens is 1. The number of hydrogen-bond acceptors (Lipinski definition) is 7. The molecule has 2 heterocycles. The standard InChI is InChI=1S/C10H12ClN5OS/c1-10(2,6-12-4-5-18-6)16-8-13-7(11)14-9(15-8)17-3/h4-5H,1-3H3,(H,13,14,15,16). The minimum atomic E-state index is -0.399. The lowest BCUT2D eigenvalue weighted by molar-refractivity contribution is 0.378. The molecule has 0 unspecified atom stereocenters. The maximum Gasteiger partial charge on any atom is 0.322 e. The lowest BCUT2D eigenvalue weighted by Gasteiger charge is -2.23. The first kappa shape index (κ1) is 13.0. The summed E-state index contributed by atoms with van der Waals surface area (Å²) in [4.78, 5) is 16.2. The highest BCUT2D eigenvalue weighted by molar-refractivity contribution is 7.09. The Kier molecular flexibility index (Phi) is 3.63. The molecule has 0 aliphatic carbocycles. The summed E-state index contributed by atoms with van der Waals surface area (Å²) in [6.45, 7) is 3.96. The van der Waals surface area contributed by atoms with Crippen molar-refractivity contribution in [1.82, 2.24) is 19.9 Å². The first-order valence-electron chi connectivity index (χ1n) is 5.15. The Morgan fingerprint density at radius 2 is 2.11 bits per heavy atom. The van der Waals surface area contributed by atoms with E-state index in [0.717, 1.165) is 5.01 Å². The molecule has 0 bridgehead atoms. The summed E-state index contributed by atoms with van der Waals surface area (Å²) in [6.07, 6.45) is 1.75. The van der Waals surface area contributed by atoms with Crippen LogP contribution in [0.5, 0.6) is 6.01 Å². The summed E-state index contributed by atoms with van der Waals surface area (Å²) in [7, 11) is 1.47. The van der Waals surface area contributed by atoms with Gasteiger partial charge in [0.05, 0.1) is 12.6 Å². The Balaban J connectivity index is 2.26. The average Bonchev–Trinajstić information content (AvgIpc) is 2.81. The van der Waals surface area contributed by atoms with Crippen LogP contribution in [-0.2, 0) is 5.54 Å². The Morgan fingerprint density at radius 1 is 1.33 bits per heavy atom. The van der Waals surface area contributed by atoms with Crippen molar-refractivity contribution in [1.29, 1.82) is 0 Å². The zero-order chi connectivity index (χ0) is 13.2. The van der Waals surface area contributed by atoms with E-state index in [1.54, 1.807) is 17.5 Å². The van der Waals surface area contributed by atoms with Crippen molar-refractivity contribution in [3.05, 3.63) is 21.9 Å². The third-order valence-corrected chi connectivity index (χ3v) is 3.43. The number of ether oxygens (including phenoxy) is 1. The highest BCUT2D eigenvalue weighted by atomic mass is 35.5. The van der Waals surface area contributed by atoms with E-state index in [4.69, 9.17) is 16.3 Å². The first-order valence-corrected chi connectivity index (χ1v) is 6.41. The predicted molar refractivity (Wildman–Crippen MR) is 70.2 cm³/mol. The lowest BCUT2D eigenvalue weighted by Crippen LogP contribution is -2.29. The van der Waals surface area contributed by atoms with Crippen molar-refractivity contribution in [2.24, 2.45) is 0 Å². The van der Waals surface area contributed by atoms with Crippen molar-refractivity contribution in [3.63, 3.8) is 0 Å². The van der Waals surface area contributed by atoms with E-state index < -0.39 is 5.54 Å². The maximum atomic E-state index is 5.79. The van der Waals surface area contributed by atoms with Crippen LogP contribution in [0, 0.1) is 0 Å². The van der Waals surface area contributed by atoms with E-state index in [9.17, 15) is 0 Å². The van der Waals surface area contributed by atoms with Crippen LogP contribution in [0.25, 0.3) is 0 Å². The van der Waals surface area contributed by atoms with E-state index in [2.05, 4.69) is 25.3 Å². The van der Waals surface area contributed by atoms with Gasteiger partial charge in [-0.05, 0) is 25.4 Å². The van der Waals surface area contributed by atoms with Crippen LogP contribution in [0.4, 0.5) is 5.95 Å². The number of aromatic nitrogens is 4. The molecule has 6 nitrogen and oxygen atoms in total. The molecule has 2 rings (SSSR count). The maximum absolute atomic E-state index is 5.79. The van der Waals surface area contributed by atoms with Crippen molar-refractivity contribution in [2.45, 2.75) is 19.4 Å². The zero-order valence-corrected chi connectivity index (χ0v) is 11.7. The van der Waals surface area contributed by atoms with Gasteiger partial charge in [0.15, 0.2) is 0 Å². The first-order chi connectivity index (χ1) is 8.51. The minimum absolute atomic E-state index is 0.0827. The molecule has 2 aromatic heterocycles. The molecule has 8 heteroatoms. The highest BCUT2D eigenvalue weighted by Gasteiger charge is 2.24. The smallest absolute Gasteiger partial charge is 0.322 e. The predicted octanol–water partition coefficient (Wildman–Crippen LogP) is 2.34. The molecule has 2 aromatic rings. The van der Waals surface area contributed by atoms with Gasteiger partial charge in [0.1, 0.15) is 5.01 Å². The van der Waals surface area contributed by atoms with Crippen LogP contribution in [0.3, 0.4) is 0 Å². The lowest BCUT2D eigenvalue weighted by atomic mass is 10.1. The van der Waals surface area contributed by atoms with Gasteiger partial charge in [-0.15, -0.1) is 11.3 Å². The average molecular weight is 286 g/mol. The van der Waals surface area contributed by atoms with Crippen LogP contribution < -0.4 is 10.1 Å². The fourth-order valence-electron chi connectivity index (χ4n) is 1.34. The summed E-state index contributed by atoms with van der Waals surface area (Å²) in [5.74, 6) is 0.354. The molecular formula is C10H12ClN5OS. The fraction of sp³-hybridized carbons (Fsp3) is 0.400. The van der Waals surface area contributed by atoms with E-state index >= 15 is 0 Å². The third-order valence-electron chi connectivity index (χ3n) is 2.16. The molecule has 0 atom stereocenters. The Labute approximate surface area is 113 Å². The number of nitrogens with zero attached hydrogens (tertiary/aromatic N) is 4. The molecule has 0 amide bonds. The number of anilines is 1. The van der Waals surface area contributed by atoms with Crippen molar-refractivity contribution >= 4 is 28.9 Å². The molecule has 0 radical (unpaired) electrons. The normalized spacial score (nSPS) is 11.3. The number of hydrogen-bond donors (Lipinski definition) is 1. The zero-order valence-electron chi connectivity index (χ0n) is 10.1. The topological polar surface area (TPSA) is 72.8 Å². The second-order valence-corrected chi connectivity index (χ2v) is 5.23. The van der Waals surface area contributed by atoms with Crippen molar-refractivity contribution < 1.29 is 4.74 Å². The molecule has 0 saturated heterocycles. The molecular weight excluding hydrogens is 274 g/mol. The Bertz CT molecular complexity index is 531. The van der Waals surface area contributed by atoms with Crippen LogP contribution in [0.15, 0.2) is 11.6 Å². The van der Waals surface area contributed by atoms with Crippen molar-refractivity contribution in [2.75, 3.05) is 12.4 Å². The van der Waals surface area contributed by atoms with Gasteiger partial charge >= 0.3 is 6.01 Å². The Morgan fingerprint density at radius 3 is 2.72 bits per heavy atom. The third kappa shape index (κ3) is 2.85. The molecule has 18 heavy (non-hydrogen) atoms. The van der Waals surface area contributed by atoms with Gasteiger partial charge in [-0.25, -0.2) is 4.98 Å². The molecule has 0 aliphatic heterocycles. The van der Waals surface area contributed by atoms with Crippen LogP contribution in [0.2, 0.25) is 5.28 Å². The summed E-state index contributed by atoms with van der Waals surface area (Å²) < 4.78 is 4.94. The highest BCUT2D eigenvalue weighted by Crippen LogP contribution is 2.26. The summed E-state index contributed by atoms with van der Waals surface area (Å²) in [5, 5.41) is 6.09. The largest absolute Gasteiger partial charge is 0.467 e. The number of nitrogens with one attached hydrogen (secondary N) is 1. The molecule has 0 spiro atoms. The van der Waals surface area contributed by atoms with E-state index in [1.807, 2.05) is 19.2 Å². The van der Waals surface area contributed by atoms with Crippen LogP contribution >= 0.6 is 22.9 Å². The quantitative estimate of drug-likeness (QED) is 0.929. The number of methoxy groups -OCH3 is 1. The van der Waals surface area contributed by atoms with Gasteiger partial charge in [-0.1, -0.05) is 0 Å². The SMILES string of the molecule is COc1nc(Cl)nc(NC(C)(C)c2nccs2)n1. The van der Waals surface area contributed by atoms with Gasteiger partial charge < -0.3 is 10.1 Å². The number of thiazole rings is 1. The second-order valence-electron chi connectivity index (χ2n) is 4.00. The molecule has 0 aromatic carbocycles. The van der Waals surface area contributed by atoms with Crippen LogP contribution in [0.1, 0.15) is 18.9 Å². The molecule has 0 aliphatic rings. The van der Waals surface area contributed by atoms with Gasteiger partial charge in [-0.3, -0.25) is 0 Å². The van der Waals surface area contributed by atoms with Gasteiger partial charge in [0, 0.05) is 11.6 Å². The van der Waals surface area contributed by atoms with Crippen molar-refractivity contribution in [3.8, 4) is 6.01 Å². The molecule has 0 fully saturated rings. The fourth-order valence-corrected chi connectivity index (χ4v) is 2.21. The molecule has 1 N–H and O–H groups in total. The van der Waals surface area contributed by atoms with Gasteiger partial charge in [0.25, 0.3) is 0 Å². The van der Waals surface area contributed by atoms with Gasteiger partial charge in [-0.2, -0.15) is 15.0 Å². The molecule has 0 saturated carbocycles. The van der Waals surface area contributed by atoms with Gasteiger partial charge in [0.2, 0.25) is 11.2 Å².